The largest absolute Gasteiger partial charge is 0.382 e. The minimum Gasteiger partial charge on any atom is -0.382 e. The van der Waals surface area contributed by atoms with Crippen molar-refractivity contribution in [1.82, 2.24) is 19.9 Å². The Labute approximate surface area is 118 Å². The highest BCUT2D eigenvalue weighted by Crippen LogP contribution is 2.11. The molecule has 0 aromatic carbocycles. The molecule has 0 saturated carbocycles. The zero-order valence-corrected chi connectivity index (χ0v) is 12.1. The summed E-state index contributed by atoms with van der Waals surface area (Å²) in [6, 6.07) is 1.93. The lowest BCUT2D eigenvalue weighted by Crippen LogP contribution is -2.25. The SMILES string of the molecule is CCOCCCNC(=O)c1cnn2c(C)cc(C)nc12. The third kappa shape index (κ3) is 3.14. The van der Waals surface area contributed by atoms with Gasteiger partial charge in [0.25, 0.3) is 5.91 Å². The van der Waals surface area contributed by atoms with Gasteiger partial charge in [-0.2, -0.15) is 5.10 Å². The van der Waals surface area contributed by atoms with E-state index in [0.717, 1.165) is 17.8 Å². The smallest absolute Gasteiger partial charge is 0.256 e. The second kappa shape index (κ2) is 6.47. The van der Waals surface area contributed by atoms with E-state index in [1.807, 2.05) is 26.8 Å². The summed E-state index contributed by atoms with van der Waals surface area (Å²) in [5, 5.41) is 7.07. The topological polar surface area (TPSA) is 68.5 Å². The van der Waals surface area contributed by atoms with Crippen molar-refractivity contribution in [1.29, 1.82) is 0 Å². The number of hydrogen-bond acceptors (Lipinski definition) is 4. The quantitative estimate of drug-likeness (QED) is 0.812. The van der Waals surface area contributed by atoms with E-state index in [-0.39, 0.29) is 5.91 Å². The lowest BCUT2D eigenvalue weighted by molar-refractivity contribution is 0.0945. The van der Waals surface area contributed by atoms with Gasteiger partial charge in [-0.1, -0.05) is 0 Å². The molecule has 0 atom stereocenters. The molecular weight excluding hydrogens is 256 g/mol. The number of fused-ring (bicyclic) bond motifs is 1. The van der Waals surface area contributed by atoms with E-state index in [4.69, 9.17) is 4.74 Å². The summed E-state index contributed by atoms with van der Waals surface area (Å²) in [4.78, 5) is 16.5. The van der Waals surface area contributed by atoms with E-state index < -0.39 is 0 Å². The Kier molecular flexibility index (Phi) is 4.68. The normalized spacial score (nSPS) is 10.9. The highest BCUT2D eigenvalue weighted by molar-refractivity contribution is 5.99. The van der Waals surface area contributed by atoms with Crippen LogP contribution in [0.2, 0.25) is 0 Å². The number of hydrogen-bond donors (Lipinski definition) is 1. The van der Waals surface area contributed by atoms with Gasteiger partial charge in [0.05, 0.1) is 6.20 Å². The Morgan fingerprint density at radius 2 is 2.25 bits per heavy atom. The molecule has 6 heteroatoms. The maximum atomic E-state index is 12.1. The van der Waals surface area contributed by atoms with Gasteiger partial charge in [0, 0.05) is 31.1 Å². The van der Waals surface area contributed by atoms with Crippen molar-refractivity contribution in [3.63, 3.8) is 0 Å². The van der Waals surface area contributed by atoms with E-state index in [1.165, 1.54) is 0 Å². The standard InChI is InChI=1S/C14H20N4O2/c1-4-20-7-5-6-15-14(19)12-9-16-18-11(3)8-10(2)17-13(12)18/h8-9H,4-7H2,1-3H3,(H,15,19). The van der Waals surface area contributed by atoms with Crippen LogP contribution in [0.25, 0.3) is 5.65 Å². The van der Waals surface area contributed by atoms with E-state index in [1.54, 1.807) is 10.7 Å². The number of ether oxygens (including phenoxy) is 1. The van der Waals surface area contributed by atoms with E-state index in [0.29, 0.717) is 31.0 Å². The first-order valence-corrected chi connectivity index (χ1v) is 6.81. The van der Waals surface area contributed by atoms with Gasteiger partial charge in [-0.15, -0.1) is 0 Å². The van der Waals surface area contributed by atoms with Gasteiger partial charge in [0.1, 0.15) is 5.56 Å². The van der Waals surface area contributed by atoms with Crippen molar-refractivity contribution in [3.05, 3.63) is 29.2 Å². The Morgan fingerprint density at radius 1 is 1.45 bits per heavy atom. The first-order valence-electron chi connectivity index (χ1n) is 6.81. The Hall–Kier alpha value is -1.95. The van der Waals surface area contributed by atoms with Gasteiger partial charge in [-0.3, -0.25) is 4.79 Å². The fourth-order valence-corrected chi connectivity index (χ4v) is 2.05. The maximum Gasteiger partial charge on any atom is 0.256 e. The molecule has 0 saturated heterocycles. The summed E-state index contributed by atoms with van der Waals surface area (Å²) >= 11 is 0. The molecule has 0 aliphatic carbocycles. The number of aromatic nitrogens is 3. The molecule has 0 aliphatic heterocycles. The maximum absolute atomic E-state index is 12.1. The number of amides is 1. The van der Waals surface area contributed by atoms with Crippen LogP contribution in [-0.2, 0) is 4.74 Å². The summed E-state index contributed by atoms with van der Waals surface area (Å²) in [6.45, 7) is 7.74. The molecule has 2 aromatic heterocycles. The summed E-state index contributed by atoms with van der Waals surface area (Å²) in [7, 11) is 0. The monoisotopic (exact) mass is 276 g/mol. The lowest BCUT2D eigenvalue weighted by Gasteiger charge is -2.05. The predicted octanol–water partition coefficient (Wildman–Crippen LogP) is 1.50. The number of carbonyl (C=O) groups excluding carboxylic acids is 1. The molecule has 0 spiro atoms. The van der Waals surface area contributed by atoms with Gasteiger partial charge in [-0.05, 0) is 33.3 Å². The van der Waals surface area contributed by atoms with Gasteiger partial charge in [0.2, 0.25) is 0 Å². The van der Waals surface area contributed by atoms with Crippen molar-refractivity contribution in [2.24, 2.45) is 0 Å². The van der Waals surface area contributed by atoms with Crippen LogP contribution in [-0.4, -0.2) is 40.3 Å². The molecule has 1 N–H and O–H groups in total. The van der Waals surface area contributed by atoms with Crippen molar-refractivity contribution < 1.29 is 9.53 Å². The van der Waals surface area contributed by atoms with Crippen LogP contribution in [0.3, 0.4) is 0 Å². The third-order valence-electron chi connectivity index (χ3n) is 2.98. The molecule has 1 amide bonds. The molecule has 0 fully saturated rings. The van der Waals surface area contributed by atoms with Gasteiger partial charge in [0.15, 0.2) is 5.65 Å². The van der Waals surface area contributed by atoms with Crippen molar-refractivity contribution >= 4 is 11.6 Å². The lowest BCUT2D eigenvalue weighted by atomic mass is 10.3. The number of nitrogens with one attached hydrogen (secondary N) is 1. The molecule has 0 unspecified atom stereocenters. The first-order chi connectivity index (χ1) is 9.63. The Morgan fingerprint density at radius 3 is 3.00 bits per heavy atom. The van der Waals surface area contributed by atoms with Crippen LogP contribution in [0.4, 0.5) is 0 Å². The molecule has 0 aliphatic rings. The Bertz CT molecular complexity index is 606. The fourth-order valence-electron chi connectivity index (χ4n) is 2.05. The number of carbonyl (C=O) groups is 1. The fraction of sp³-hybridized carbons (Fsp3) is 0.500. The van der Waals surface area contributed by atoms with Crippen LogP contribution < -0.4 is 5.32 Å². The van der Waals surface area contributed by atoms with Crippen LogP contribution in [0.5, 0.6) is 0 Å². The number of nitrogens with zero attached hydrogens (tertiary/aromatic N) is 3. The second-order valence-corrected chi connectivity index (χ2v) is 4.64. The summed E-state index contributed by atoms with van der Waals surface area (Å²) in [5.41, 5.74) is 2.95. The second-order valence-electron chi connectivity index (χ2n) is 4.64. The molecule has 2 heterocycles. The minimum absolute atomic E-state index is 0.144. The van der Waals surface area contributed by atoms with Gasteiger partial charge in [-0.25, -0.2) is 9.50 Å². The predicted molar refractivity (Wildman–Crippen MR) is 75.9 cm³/mol. The van der Waals surface area contributed by atoms with Crippen LogP contribution >= 0.6 is 0 Å². The van der Waals surface area contributed by atoms with Crippen molar-refractivity contribution in [2.45, 2.75) is 27.2 Å². The first kappa shape index (κ1) is 14.5. The van der Waals surface area contributed by atoms with Gasteiger partial charge >= 0.3 is 0 Å². The molecule has 20 heavy (non-hydrogen) atoms. The highest BCUT2D eigenvalue weighted by atomic mass is 16.5. The molecule has 2 aromatic rings. The average Bonchev–Trinajstić information content (AvgIpc) is 2.82. The van der Waals surface area contributed by atoms with Crippen LogP contribution in [0, 0.1) is 13.8 Å². The van der Waals surface area contributed by atoms with Gasteiger partial charge < -0.3 is 10.1 Å². The van der Waals surface area contributed by atoms with Crippen molar-refractivity contribution in [3.8, 4) is 0 Å². The average molecular weight is 276 g/mol. The number of rotatable bonds is 6. The number of aryl methyl sites for hydroxylation is 2. The van der Waals surface area contributed by atoms with E-state index in [2.05, 4.69) is 15.4 Å². The molecule has 108 valence electrons. The summed E-state index contributed by atoms with van der Waals surface area (Å²) < 4.78 is 6.91. The Balaban J connectivity index is 2.07. The summed E-state index contributed by atoms with van der Waals surface area (Å²) in [5.74, 6) is -0.144. The highest BCUT2D eigenvalue weighted by Gasteiger charge is 2.14. The van der Waals surface area contributed by atoms with Crippen LogP contribution in [0.15, 0.2) is 12.3 Å². The minimum atomic E-state index is -0.144. The molecular formula is C14H20N4O2. The third-order valence-corrected chi connectivity index (χ3v) is 2.98. The molecule has 0 radical (unpaired) electrons. The zero-order valence-electron chi connectivity index (χ0n) is 12.1. The molecule has 0 bridgehead atoms. The van der Waals surface area contributed by atoms with Crippen molar-refractivity contribution in [2.75, 3.05) is 19.8 Å². The van der Waals surface area contributed by atoms with Crippen LogP contribution in [0.1, 0.15) is 35.1 Å². The van der Waals surface area contributed by atoms with E-state index >= 15 is 0 Å². The summed E-state index contributed by atoms with van der Waals surface area (Å²) in [6.07, 6.45) is 2.36. The zero-order chi connectivity index (χ0) is 14.5. The van der Waals surface area contributed by atoms with E-state index in [9.17, 15) is 4.79 Å². The molecule has 6 nitrogen and oxygen atoms in total. The molecule has 2 rings (SSSR count).